The van der Waals surface area contributed by atoms with Gasteiger partial charge in [0.2, 0.25) is 0 Å². The predicted octanol–water partition coefficient (Wildman–Crippen LogP) is 2.75. The molecule has 4 rings (SSSR count). The standard InChI is InChI=1S/C22H24FN5O3/c1-28(7-9-30-2)8-10-31-14-4-6-17-18(12-14)27-22(29)21(26-17)20-19(24)15-11-13(23)3-5-16(15)25-20/h3-6,11-12,25H,7-10,24H2,1-2H3,(H,27,29). The lowest BCUT2D eigenvalue weighted by Crippen LogP contribution is -2.27. The van der Waals surface area contributed by atoms with E-state index in [4.69, 9.17) is 15.2 Å². The van der Waals surface area contributed by atoms with Crippen LogP contribution in [0, 0.1) is 5.82 Å². The Morgan fingerprint density at radius 1 is 1.10 bits per heavy atom. The number of nitrogens with zero attached hydrogens (tertiary/aromatic N) is 2. The van der Waals surface area contributed by atoms with E-state index in [2.05, 4.69) is 19.9 Å². The van der Waals surface area contributed by atoms with Crippen LogP contribution < -0.4 is 16.0 Å². The van der Waals surface area contributed by atoms with Crippen LogP contribution in [0.1, 0.15) is 0 Å². The van der Waals surface area contributed by atoms with Gasteiger partial charge in [0.05, 0.1) is 29.0 Å². The molecule has 0 saturated heterocycles. The summed E-state index contributed by atoms with van der Waals surface area (Å²) in [6.45, 7) is 2.73. The quantitative estimate of drug-likeness (QED) is 0.401. The van der Waals surface area contributed by atoms with Gasteiger partial charge in [-0.3, -0.25) is 4.79 Å². The number of nitrogens with one attached hydrogen (secondary N) is 2. The molecule has 0 amide bonds. The Bertz CT molecular complexity index is 1280. The summed E-state index contributed by atoms with van der Waals surface area (Å²) < 4.78 is 24.4. The Morgan fingerprint density at radius 3 is 2.71 bits per heavy atom. The Labute approximate surface area is 177 Å². The van der Waals surface area contributed by atoms with Crippen molar-refractivity contribution in [3.05, 3.63) is 52.6 Å². The number of fused-ring (bicyclic) bond motifs is 2. The number of H-pyrrole nitrogens is 2. The number of halogens is 1. The molecule has 4 N–H and O–H groups in total. The molecular weight excluding hydrogens is 401 g/mol. The van der Waals surface area contributed by atoms with Crippen molar-refractivity contribution in [2.75, 3.05) is 46.2 Å². The summed E-state index contributed by atoms with van der Waals surface area (Å²) in [5, 5.41) is 0.510. The summed E-state index contributed by atoms with van der Waals surface area (Å²) >= 11 is 0. The normalized spacial score (nSPS) is 11.6. The molecule has 162 valence electrons. The van der Waals surface area contributed by atoms with Crippen LogP contribution in [0.5, 0.6) is 5.75 Å². The number of methoxy groups -OCH3 is 1. The lowest BCUT2D eigenvalue weighted by molar-refractivity contribution is 0.150. The number of aromatic amines is 2. The van der Waals surface area contributed by atoms with Crippen molar-refractivity contribution in [2.45, 2.75) is 0 Å². The Hall–Kier alpha value is -3.43. The van der Waals surface area contributed by atoms with Gasteiger partial charge in [-0.25, -0.2) is 9.37 Å². The minimum atomic E-state index is -0.400. The molecule has 2 aromatic heterocycles. The van der Waals surface area contributed by atoms with Gasteiger partial charge in [-0.1, -0.05) is 0 Å². The predicted molar refractivity (Wildman–Crippen MR) is 119 cm³/mol. The van der Waals surface area contributed by atoms with E-state index in [1.54, 1.807) is 31.4 Å². The van der Waals surface area contributed by atoms with Crippen LogP contribution in [0.2, 0.25) is 0 Å². The average molecular weight is 425 g/mol. The molecule has 0 bridgehead atoms. The summed E-state index contributed by atoms with van der Waals surface area (Å²) in [5.74, 6) is 0.237. The van der Waals surface area contributed by atoms with Gasteiger partial charge in [0.1, 0.15) is 18.2 Å². The van der Waals surface area contributed by atoms with Crippen molar-refractivity contribution >= 4 is 27.6 Å². The van der Waals surface area contributed by atoms with Gasteiger partial charge in [0, 0.05) is 37.2 Å². The van der Waals surface area contributed by atoms with Crippen molar-refractivity contribution in [2.24, 2.45) is 0 Å². The second kappa shape index (κ2) is 8.75. The molecule has 2 aromatic carbocycles. The maximum atomic E-state index is 13.6. The zero-order valence-electron chi connectivity index (χ0n) is 17.4. The third-order valence-electron chi connectivity index (χ3n) is 5.12. The van der Waals surface area contributed by atoms with Crippen LogP contribution >= 0.6 is 0 Å². The summed E-state index contributed by atoms with van der Waals surface area (Å²) in [5.41, 5.74) is 8.33. The highest BCUT2D eigenvalue weighted by atomic mass is 19.1. The van der Waals surface area contributed by atoms with Crippen LogP contribution in [0.3, 0.4) is 0 Å². The monoisotopic (exact) mass is 425 g/mol. The summed E-state index contributed by atoms with van der Waals surface area (Å²) in [6, 6.07) is 9.56. The molecular formula is C22H24FN5O3. The van der Waals surface area contributed by atoms with Gasteiger partial charge in [0.15, 0.2) is 5.69 Å². The molecule has 0 aliphatic carbocycles. The van der Waals surface area contributed by atoms with Crippen molar-refractivity contribution < 1.29 is 13.9 Å². The Morgan fingerprint density at radius 2 is 1.90 bits per heavy atom. The minimum Gasteiger partial charge on any atom is -0.492 e. The molecule has 2 heterocycles. The molecule has 0 unspecified atom stereocenters. The highest BCUT2D eigenvalue weighted by molar-refractivity contribution is 5.99. The molecule has 9 heteroatoms. The minimum absolute atomic E-state index is 0.148. The summed E-state index contributed by atoms with van der Waals surface area (Å²) in [6.07, 6.45) is 0. The van der Waals surface area contributed by atoms with Gasteiger partial charge in [-0.15, -0.1) is 0 Å². The number of rotatable bonds is 8. The van der Waals surface area contributed by atoms with Crippen LogP contribution in [0.4, 0.5) is 10.1 Å². The fourth-order valence-electron chi connectivity index (χ4n) is 3.37. The fourth-order valence-corrected chi connectivity index (χ4v) is 3.37. The van der Waals surface area contributed by atoms with Crippen LogP contribution in [-0.4, -0.2) is 60.3 Å². The third-order valence-corrected chi connectivity index (χ3v) is 5.12. The first kappa shape index (κ1) is 20.8. The number of hydrogen-bond donors (Lipinski definition) is 3. The number of benzene rings is 2. The average Bonchev–Trinajstić information content (AvgIpc) is 3.07. The molecule has 8 nitrogen and oxygen atoms in total. The number of nitrogens with two attached hydrogens (primary N) is 1. The topological polar surface area (TPSA) is 109 Å². The second-order valence-corrected chi connectivity index (χ2v) is 7.34. The lowest BCUT2D eigenvalue weighted by atomic mass is 10.2. The van der Waals surface area contributed by atoms with E-state index in [1.165, 1.54) is 12.1 Å². The molecule has 0 saturated carbocycles. The summed E-state index contributed by atoms with van der Waals surface area (Å²) in [4.78, 5) is 25.2. The molecule has 0 atom stereocenters. The molecule has 0 fully saturated rings. The SMILES string of the molecule is COCCN(C)CCOc1ccc2nc(-c3[nH]c4ccc(F)cc4c3N)c(=O)[nH]c2c1. The largest absolute Gasteiger partial charge is 0.492 e. The van der Waals surface area contributed by atoms with E-state index in [0.29, 0.717) is 46.6 Å². The maximum absolute atomic E-state index is 13.6. The second-order valence-electron chi connectivity index (χ2n) is 7.34. The first-order chi connectivity index (χ1) is 15.0. The highest BCUT2D eigenvalue weighted by Gasteiger charge is 2.16. The number of likely N-dealkylation sites (N-methyl/N-ethyl adjacent to an activating group) is 1. The lowest BCUT2D eigenvalue weighted by Gasteiger charge is -2.16. The number of anilines is 1. The first-order valence-electron chi connectivity index (χ1n) is 9.87. The maximum Gasteiger partial charge on any atom is 0.276 e. The van der Waals surface area contributed by atoms with Crippen LogP contribution in [-0.2, 0) is 4.74 Å². The van der Waals surface area contributed by atoms with Crippen molar-refractivity contribution in [1.29, 1.82) is 0 Å². The Balaban J connectivity index is 1.58. The van der Waals surface area contributed by atoms with Crippen molar-refractivity contribution in [3.63, 3.8) is 0 Å². The van der Waals surface area contributed by atoms with E-state index < -0.39 is 11.4 Å². The molecule has 4 aromatic rings. The number of nitrogen functional groups attached to an aromatic ring is 1. The van der Waals surface area contributed by atoms with E-state index in [1.807, 2.05) is 7.05 Å². The third kappa shape index (κ3) is 4.37. The first-order valence-corrected chi connectivity index (χ1v) is 9.87. The van der Waals surface area contributed by atoms with E-state index in [0.717, 1.165) is 13.1 Å². The molecule has 0 radical (unpaired) electrons. The summed E-state index contributed by atoms with van der Waals surface area (Å²) in [7, 11) is 3.67. The van der Waals surface area contributed by atoms with Gasteiger partial charge in [0.25, 0.3) is 5.56 Å². The number of ether oxygens (including phenoxy) is 2. The van der Waals surface area contributed by atoms with E-state index in [9.17, 15) is 9.18 Å². The van der Waals surface area contributed by atoms with E-state index in [-0.39, 0.29) is 11.4 Å². The Kier molecular flexibility index (Phi) is 5.88. The highest BCUT2D eigenvalue weighted by Crippen LogP contribution is 2.31. The smallest absolute Gasteiger partial charge is 0.276 e. The van der Waals surface area contributed by atoms with Crippen molar-refractivity contribution in [3.8, 4) is 17.1 Å². The fraction of sp³-hybridized carbons (Fsp3) is 0.273. The van der Waals surface area contributed by atoms with Gasteiger partial charge in [-0.05, 0) is 37.4 Å². The molecule has 31 heavy (non-hydrogen) atoms. The van der Waals surface area contributed by atoms with Gasteiger partial charge >= 0.3 is 0 Å². The molecule has 0 aliphatic heterocycles. The van der Waals surface area contributed by atoms with Crippen LogP contribution in [0.15, 0.2) is 41.2 Å². The number of aromatic nitrogens is 3. The van der Waals surface area contributed by atoms with Gasteiger partial charge < -0.3 is 30.1 Å². The molecule has 0 aliphatic rings. The zero-order chi connectivity index (χ0) is 22.0. The van der Waals surface area contributed by atoms with Gasteiger partial charge in [-0.2, -0.15) is 0 Å². The van der Waals surface area contributed by atoms with Crippen LogP contribution in [0.25, 0.3) is 33.3 Å². The number of hydrogen-bond acceptors (Lipinski definition) is 6. The molecule has 0 spiro atoms. The van der Waals surface area contributed by atoms with E-state index >= 15 is 0 Å². The van der Waals surface area contributed by atoms with Crippen molar-refractivity contribution in [1.82, 2.24) is 19.9 Å². The zero-order valence-corrected chi connectivity index (χ0v) is 17.4.